The van der Waals surface area contributed by atoms with E-state index in [1.807, 2.05) is 42.5 Å². The smallest absolute Gasteiger partial charge is 0.205 e. The first-order valence-corrected chi connectivity index (χ1v) is 7.74. The lowest BCUT2D eigenvalue weighted by Crippen LogP contribution is -2.04. The standard InChI is InChI=1S/C17H10ClN7/c18-12-7-3-1-5-10(12)15-20-17(14(9-19)23-24-15)21-16-11-6-2-4-8-13(11)22-25-16/h1-8H,(H2,20,21,22,24,25). The van der Waals surface area contributed by atoms with Crippen molar-refractivity contribution in [2.24, 2.45) is 0 Å². The van der Waals surface area contributed by atoms with Gasteiger partial charge in [-0.1, -0.05) is 35.9 Å². The number of nitrogens with zero attached hydrogens (tertiary/aromatic N) is 5. The monoisotopic (exact) mass is 347 g/mol. The molecular weight excluding hydrogens is 338 g/mol. The molecular formula is C17H10ClN7. The Bertz CT molecular complexity index is 1110. The molecule has 8 heteroatoms. The van der Waals surface area contributed by atoms with Crippen LogP contribution in [-0.4, -0.2) is 25.4 Å². The first kappa shape index (κ1) is 15.1. The molecule has 7 nitrogen and oxygen atoms in total. The van der Waals surface area contributed by atoms with E-state index in [0.717, 1.165) is 10.9 Å². The van der Waals surface area contributed by atoms with E-state index >= 15 is 0 Å². The average molecular weight is 348 g/mol. The Morgan fingerprint density at radius 1 is 1.00 bits per heavy atom. The summed E-state index contributed by atoms with van der Waals surface area (Å²) in [6.45, 7) is 0. The summed E-state index contributed by atoms with van der Waals surface area (Å²) < 4.78 is 0. The van der Waals surface area contributed by atoms with Crippen molar-refractivity contribution in [1.29, 1.82) is 5.26 Å². The van der Waals surface area contributed by atoms with E-state index in [2.05, 4.69) is 30.7 Å². The van der Waals surface area contributed by atoms with Gasteiger partial charge in [0.25, 0.3) is 0 Å². The fourth-order valence-electron chi connectivity index (χ4n) is 2.42. The minimum absolute atomic E-state index is 0.0721. The van der Waals surface area contributed by atoms with Crippen molar-refractivity contribution in [3.63, 3.8) is 0 Å². The molecule has 4 rings (SSSR count). The van der Waals surface area contributed by atoms with E-state index in [1.165, 1.54) is 0 Å². The summed E-state index contributed by atoms with van der Waals surface area (Å²) in [5, 5.41) is 28.8. The number of anilines is 2. The van der Waals surface area contributed by atoms with Crippen LogP contribution in [0.25, 0.3) is 22.3 Å². The molecule has 0 aliphatic heterocycles. The van der Waals surface area contributed by atoms with Crippen LogP contribution < -0.4 is 5.32 Å². The van der Waals surface area contributed by atoms with E-state index in [1.54, 1.807) is 12.1 Å². The quantitative estimate of drug-likeness (QED) is 0.586. The van der Waals surface area contributed by atoms with Gasteiger partial charge in [-0.05, 0) is 24.3 Å². The second kappa shape index (κ2) is 6.19. The minimum Gasteiger partial charge on any atom is -0.320 e. The van der Waals surface area contributed by atoms with Crippen molar-refractivity contribution < 1.29 is 0 Å². The summed E-state index contributed by atoms with van der Waals surface area (Å²) in [6.07, 6.45) is 0. The average Bonchev–Trinajstić information content (AvgIpc) is 3.05. The van der Waals surface area contributed by atoms with Crippen molar-refractivity contribution in [3.8, 4) is 17.5 Å². The molecule has 2 aromatic heterocycles. The van der Waals surface area contributed by atoms with Gasteiger partial charge in [-0.25, -0.2) is 4.98 Å². The second-order valence-corrected chi connectivity index (χ2v) is 5.57. The van der Waals surface area contributed by atoms with Crippen molar-refractivity contribution in [3.05, 3.63) is 59.2 Å². The van der Waals surface area contributed by atoms with Crippen molar-refractivity contribution in [1.82, 2.24) is 25.4 Å². The maximum absolute atomic E-state index is 9.29. The van der Waals surface area contributed by atoms with Crippen LogP contribution in [0.4, 0.5) is 11.6 Å². The first-order valence-electron chi connectivity index (χ1n) is 7.36. The third-order valence-corrected chi connectivity index (χ3v) is 3.94. The molecule has 0 atom stereocenters. The topological polar surface area (TPSA) is 103 Å². The summed E-state index contributed by atoms with van der Waals surface area (Å²) in [5.41, 5.74) is 1.58. The number of nitriles is 1. The maximum atomic E-state index is 9.29. The summed E-state index contributed by atoms with van der Waals surface area (Å²) in [5.74, 6) is 1.15. The minimum atomic E-state index is 0.0721. The summed E-state index contributed by atoms with van der Waals surface area (Å²) in [4.78, 5) is 4.41. The van der Waals surface area contributed by atoms with Crippen molar-refractivity contribution in [2.75, 3.05) is 5.32 Å². The number of aromatic amines is 1. The fraction of sp³-hybridized carbons (Fsp3) is 0. The van der Waals surface area contributed by atoms with Crippen LogP contribution in [0.1, 0.15) is 5.69 Å². The van der Waals surface area contributed by atoms with E-state index < -0.39 is 0 Å². The highest BCUT2D eigenvalue weighted by Gasteiger charge is 2.14. The molecule has 0 radical (unpaired) electrons. The molecule has 120 valence electrons. The number of H-pyrrole nitrogens is 1. The molecule has 0 unspecified atom stereocenters. The molecule has 2 heterocycles. The van der Waals surface area contributed by atoms with E-state index in [0.29, 0.717) is 22.2 Å². The summed E-state index contributed by atoms with van der Waals surface area (Å²) in [7, 11) is 0. The number of benzene rings is 2. The van der Waals surface area contributed by atoms with Gasteiger partial charge in [0.2, 0.25) is 5.69 Å². The number of hydrogen-bond donors (Lipinski definition) is 2. The zero-order chi connectivity index (χ0) is 17.2. The number of aromatic nitrogens is 5. The van der Waals surface area contributed by atoms with Gasteiger partial charge < -0.3 is 5.32 Å². The maximum Gasteiger partial charge on any atom is 0.205 e. The third kappa shape index (κ3) is 2.75. The van der Waals surface area contributed by atoms with Crippen LogP contribution in [0.3, 0.4) is 0 Å². The Kier molecular flexibility index (Phi) is 3.72. The van der Waals surface area contributed by atoms with Gasteiger partial charge in [0, 0.05) is 10.9 Å². The van der Waals surface area contributed by atoms with E-state index in [9.17, 15) is 5.26 Å². The molecule has 4 aromatic rings. The van der Waals surface area contributed by atoms with Crippen LogP contribution in [0.2, 0.25) is 5.02 Å². The summed E-state index contributed by atoms with van der Waals surface area (Å²) in [6, 6.07) is 16.8. The van der Waals surface area contributed by atoms with Gasteiger partial charge in [0.05, 0.1) is 10.5 Å². The van der Waals surface area contributed by atoms with Crippen molar-refractivity contribution in [2.45, 2.75) is 0 Å². The number of fused-ring (bicyclic) bond motifs is 1. The molecule has 0 bridgehead atoms. The Morgan fingerprint density at radius 3 is 2.64 bits per heavy atom. The molecule has 0 spiro atoms. The highest BCUT2D eigenvalue weighted by molar-refractivity contribution is 6.33. The first-order chi connectivity index (χ1) is 12.3. The molecule has 0 amide bonds. The molecule has 0 aliphatic rings. The summed E-state index contributed by atoms with van der Waals surface area (Å²) >= 11 is 6.20. The number of para-hydroxylation sites is 1. The number of nitrogens with one attached hydrogen (secondary N) is 2. The molecule has 0 saturated heterocycles. The van der Waals surface area contributed by atoms with Gasteiger partial charge in [0.1, 0.15) is 6.07 Å². The lowest BCUT2D eigenvalue weighted by Gasteiger charge is -2.07. The predicted molar refractivity (Wildman–Crippen MR) is 94.4 cm³/mol. The van der Waals surface area contributed by atoms with E-state index in [4.69, 9.17) is 11.6 Å². The zero-order valence-corrected chi connectivity index (χ0v) is 13.5. The number of hydrogen-bond acceptors (Lipinski definition) is 6. The Balaban J connectivity index is 1.80. The highest BCUT2D eigenvalue weighted by Crippen LogP contribution is 2.27. The Labute approximate surface area is 147 Å². The van der Waals surface area contributed by atoms with Gasteiger partial charge in [-0.3, -0.25) is 5.10 Å². The van der Waals surface area contributed by atoms with Gasteiger partial charge in [0.15, 0.2) is 17.5 Å². The van der Waals surface area contributed by atoms with Crippen LogP contribution in [0.15, 0.2) is 48.5 Å². The largest absolute Gasteiger partial charge is 0.320 e. The molecule has 0 fully saturated rings. The van der Waals surface area contributed by atoms with Gasteiger partial charge in [-0.15, -0.1) is 10.2 Å². The number of halogens is 1. The Morgan fingerprint density at radius 2 is 1.80 bits per heavy atom. The van der Waals surface area contributed by atoms with Crippen LogP contribution in [-0.2, 0) is 0 Å². The van der Waals surface area contributed by atoms with Crippen LogP contribution in [0, 0.1) is 11.3 Å². The van der Waals surface area contributed by atoms with Crippen molar-refractivity contribution >= 4 is 34.1 Å². The zero-order valence-electron chi connectivity index (χ0n) is 12.7. The highest BCUT2D eigenvalue weighted by atomic mass is 35.5. The molecule has 2 N–H and O–H groups in total. The molecule has 25 heavy (non-hydrogen) atoms. The van der Waals surface area contributed by atoms with Gasteiger partial charge >= 0.3 is 0 Å². The lowest BCUT2D eigenvalue weighted by atomic mass is 10.2. The van der Waals surface area contributed by atoms with Gasteiger partial charge in [-0.2, -0.15) is 10.4 Å². The lowest BCUT2D eigenvalue weighted by molar-refractivity contribution is 0.963. The number of rotatable bonds is 3. The fourth-order valence-corrected chi connectivity index (χ4v) is 2.64. The van der Waals surface area contributed by atoms with Crippen LogP contribution in [0.5, 0.6) is 0 Å². The molecule has 0 aliphatic carbocycles. The molecule has 2 aromatic carbocycles. The van der Waals surface area contributed by atoms with Crippen LogP contribution >= 0.6 is 11.6 Å². The molecule has 0 saturated carbocycles. The SMILES string of the molecule is N#Cc1nnc(-c2ccccc2Cl)nc1Nc1n[nH]c2ccccc12. The Hall–Kier alpha value is -3.50. The van der Waals surface area contributed by atoms with E-state index in [-0.39, 0.29) is 11.5 Å². The predicted octanol–water partition coefficient (Wildman–Crippen LogP) is 3.68. The third-order valence-electron chi connectivity index (χ3n) is 3.61. The normalized spacial score (nSPS) is 10.6. The second-order valence-electron chi connectivity index (χ2n) is 5.17.